The number of hydrogen-bond donors (Lipinski definition) is 1. The molecule has 8 heteroatoms. The van der Waals surface area contributed by atoms with E-state index in [0.717, 1.165) is 44.9 Å². The lowest BCUT2D eigenvalue weighted by atomic mass is 10.1. The van der Waals surface area contributed by atoms with Crippen molar-refractivity contribution in [3.8, 4) is 11.3 Å². The molecule has 0 saturated carbocycles. The molecule has 0 radical (unpaired) electrons. The van der Waals surface area contributed by atoms with Crippen molar-refractivity contribution < 1.29 is 13.2 Å². The van der Waals surface area contributed by atoms with Crippen LogP contribution in [0.5, 0.6) is 0 Å². The molecule has 1 aliphatic heterocycles. The summed E-state index contributed by atoms with van der Waals surface area (Å²) in [5.74, 6) is 1.21. The first-order valence-electron chi connectivity index (χ1n) is 9.49. The van der Waals surface area contributed by atoms with E-state index in [1.807, 2.05) is 0 Å². The number of nitrogens with zero attached hydrogens (tertiary/aromatic N) is 4. The molecule has 0 unspecified atom stereocenters. The van der Waals surface area contributed by atoms with E-state index in [0.29, 0.717) is 28.8 Å². The van der Waals surface area contributed by atoms with Crippen LogP contribution in [0.3, 0.4) is 0 Å². The number of aromatic nitrogens is 2. The van der Waals surface area contributed by atoms with Crippen LogP contribution in [0, 0.1) is 5.92 Å². The molecule has 0 atom stereocenters. The normalized spacial score (nSPS) is 16.0. The topological polar surface area (TPSA) is 58.3 Å². The lowest BCUT2D eigenvalue weighted by molar-refractivity contribution is -0.137. The highest BCUT2D eigenvalue weighted by atomic mass is 19.4. The van der Waals surface area contributed by atoms with Gasteiger partial charge in [0.05, 0.1) is 17.0 Å². The van der Waals surface area contributed by atoms with E-state index in [1.54, 1.807) is 6.07 Å². The number of nitrogens with two attached hydrogens (primary N) is 1. The molecular formula is C20H26F3N5. The van der Waals surface area contributed by atoms with E-state index in [-0.39, 0.29) is 6.54 Å². The van der Waals surface area contributed by atoms with Gasteiger partial charge in [0.25, 0.3) is 0 Å². The monoisotopic (exact) mass is 393 g/mol. The number of rotatable bonds is 5. The minimum Gasteiger partial charge on any atom is -0.338 e. The number of halogens is 3. The lowest BCUT2D eigenvalue weighted by Gasteiger charge is -2.35. The number of benzene rings is 1. The van der Waals surface area contributed by atoms with Crippen LogP contribution in [0.2, 0.25) is 0 Å². The summed E-state index contributed by atoms with van der Waals surface area (Å²) in [4.78, 5) is 13.7. The fraction of sp³-hybridized carbons (Fsp3) is 0.500. The molecule has 5 nitrogen and oxygen atoms in total. The fourth-order valence-electron chi connectivity index (χ4n) is 3.35. The van der Waals surface area contributed by atoms with Crippen molar-refractivity contribution in [3.63, 3.8) is 0 Å². The van der Waals surface area contributed by atoms with Gasteiger partial charge in [-0.25, -0.2) is 9.97 Å². The molecule has 1 saturated heterocycles. The van der Waals surface area contributed by atoms with Crippen molar-refractivity contribution in [1.82, 2.24) is 14.9 Å². The second kappa shape index (κ2) is 8.45. The third-order valence-corrected chi connectivity index (χ3v) is 4.76. The Kier molecular flexibility index (Phi) is 6.20. The first-order chi connectivity index (χ1) is 13.3. The summed E-state index contributed by atoms with van der Waals surface area (Å²) in [5, 5.41) is 0. The largest absolute Gasteiger partial charge is 0.416 e. The highest BCUT2D eigenvalue weighted by Crippen LogP contribution is 2.31. The predicted octanol–water partition coefficient (Wildman–Crippen LogP) is 3.40. The summed E-state index contributed by atoms with van der Waals surface area (Å²) in [6, 6.07) is 6.76. The van der Waals surface area contributed by atoms with Gasteiger partial charge < -0.3 is 10.6 Å². The Hall–Kier alpha value is -2.19. The molecule has 1 aliphatic rings. The zero-order valence-electron chi connectivity index (χ0n) is 16.2. The molecule has 2 N–H and O–H groups in total. The van der Waals surface area contributed by atoms with Crippen molar-refractivity contribution in [2.75, 3.05) is 37.6 Å². The summed E-state index contributed by atoms with van der Waals surface area (Å²) < 4.78 is 38.4. The molecule has 2 heterocycles. The van der Waals surface area contributed by atoms with Gasteiger partial charge in [-0.2, -0.15) is 13.2 Å². The second-order valence-electron chi connectivity index (χ2n) is 7.51. The van der Waals surface area contributed by atoms with Crippen molar-refractivity contribution >= 4 is 5.95 Å². The van der Waals surface area contributed by atoms with Crippen LogP contribution in [-0.4, -0.2) is 47.6 Å². The molecule has 1 aromatic carbocycles. The zero-order chi connectivity index (χ0) is 20.3. The molecule has 0 amide bonds. The van der Waals surface area contributed by atoms with Crippen molar-refractivity contribution in [3.05, 3.63) is 41.6 Å². The Morgan fingerprint density at radius 1 is 1.04 bits per heavy atom. The van der Waals surface area contributed by atoms with Crippen LogP contribution in [0.15, 0.2) is 30.3 Å². The summed E-state index contributed by atoms with van der Waals surface area (Å²) in [6.45, 7) is 9.21. The Morgan fingerprint density at radius 2 is 1.68 bits per heavy atom. The summed E-state index contributed by atoms with van der Waals surface area (Å²) in [5.41, 5.74) is 6.99. The summed E-state index contributed by atoms with van der Waals surface area (Å²) in [7, 11) is 0. The van der Waals surface area contributed by atoms with E-state index < -0.39 is 11.7 Å². The van der Waals surface area contributed by atoms with Gasteiger partial charge in [-0.15, -0.1) is 0 Å². The minimum absolute atomic E-state index is 0.246. The standard InChI is InChI=1S/C20H26F3N5/c1-14(2)13-27-7-9-28(10-8-27)19-25-17(12-24)11-18(26-19)15-3-5-16(6-4-15)20(21,22)23/h3-6,11,14H,7-10,12-13,24H2,1-2H3. The first kappa shape index (κ1) is 20.5. The fourth-order valence-corrected chi connectivity index (χ4v) is 3.35. The maximum absolute atomic E-state index is 12.8. The van der Waals surface area contributed by atoms with Gasteiger partial charge in [-0.05, 0) is 24.1 Å². The number of anilines is 1. The molecule has 2 aromatic rings. The van der Waals surface area contributed by atoms with E-state index in [4.69, 9.17) is 5.73 Å². The van der Waals surface area contributed by atoms with Gasteiger partial charge in [0.15, 0.2) is 0 Å². The van der Waals surface area contributed by atoms with Crippen LogP contribution in [0.1, 0.15) is 25.1 Å². The van der Waals surface area contributed by atoms with Crippen LogP contribution >= 0.6 is 0 Å². The second-order valence-corrected chi connectivity index (χ2v) is 7.51. The molecule has 28 heavy (non-hydrogen) atoms. The van der Waals surface area contributed by atoms with E-state index in [2.05, 4.69) is 33.6 Å². The Labute approximate surface area is 163 Å². The molecule has 152 valence electrons. The van der Waals surface area contributed by atoms with E-state index in [1.165, 1.54) is 12.1 Å². The predicted molar refractivity (Wildman–Crippen MR) is 104 cm³/mol. The first-order valence-corrected chi connectivity index (χ1v) is 9.49. The maximum atomic E-state index is 12.8. The van der Waals surface area contributed by atoms with Gasteiger partial charge in [-0.3, -0.25) is 4.90 Å². The number of hydrogen-bond acceptors (Lipinski definition) is 5. The Balaban J connectivity index is 1.81. The van der Waals surface area contributed by atoms with Crippen molar-refractivity contribution in [2.45, 2.75) is 26.6 Å². The average Bonchev–Trinajstić information content (AvgIpc) is 2.67. The molecule has 0 aliphatic carbocycles. The Morgan fingerprint density at radius 3 is 2.21 bits per heavy atom. The van der Waals surface area contributed by atoms with Gasteiger partial charge in [0.1, 0.15) is 0 Å². The van der Waals surface area contributed by atoms with E-state index >= 15 is 0 Å². The third-order valence-electron chi connectivity index (χ3n) is 4.76. The maximum Gasteiger partial charge on any atom is 0.416 e. The molecule has 0 spiro atoms. The van der Waals surface area contributed by atoms with Gasteiger partial charge in [0.2, 0.25) is 5.95 Å². The Bertz CT molecular complexity index is 781. The molecule has 1 aromatic heterocycles. The SMILES string of the molecule is CC(C)CN1CCN(c2nc(CN)cc(-c3ccc(C(F)(F)F)cc3)n2)CC1. The van der Waals surface area contributed by atoms with Crippen molar-refractivity contribution in [1.29, 1.82) is 0 Å². The lowest BCUT2D eigenvalue weighted by Crippen LogP contribution is -2.48. The summed E-state index contributed by atoms with van der Waals surface area (Å²) in [6.07, 6.45) is -4.35. The van der Waals surface area contributed by atoms with Crippen LogP contribution in [0.25, 0.3) is 11.3 Å². The van der Waals surface area contributed by atoms with Crippen LogP contribution in [-0.2, 0) is 12.7 Å². The zero-order valence-corrected chi connectivity index (χ0v) is 16.2. The highest BCUT2D eigenvalue weighted by Gasteiger charge is 2.30. The minimum atomic E-state index is -4.35. The summed E-state index contributed by atoms with van der Waals surface area (Å²) >= 11 is 0. The van der Waals surface area contributed by atoms with Crippen molar-refractivity contribution in [2.24, 2.45) is 11.7 Å². The third kappa shape index (κ3) is 4.99. The average molecular weight is 393 g/mol. The van der Waals surface area contributed by atoms with Gasteiger partial charge >= 0.3 is 6.18 Å². The van der Waals surface area contributed by atoms with E-state index in [9.17, 15) is 13.2 Å². The van der Waals surface area contributed by atoms with Crippen LogP contribution in [0.4, 0.5) is 19.1 Å². The molecule has 3 rings (SSSR count). The van der Waals surface area contributed by atoms with Gasteiger partial charge in [0, 0.05) is 44.8 Å². The smallest absolute Gasteiger partial charge is 0.338 e. The molecule has 0 bridgehead atoms. The van der Waals surface area contributed by atoms with Gasteiger partial charge in [-0.1, -0.05) is 26.0 Å². The molecular weight excluding hydrogens is 367 g/mol. The number of alkyl halides is 3. The quantitative estimate of drug-likeness (QED) is 0.844. The molecule has 1 fully saturated rings. The highest BCUT2D eigenvalue weighted by molar-refractivity contribution is 5.61. The number of piperazine rings is 1. The van der Waals surface area contributed by atoms with Crippen LogP contribution < -0.4 is 10.6 Å².